The molecule has 2 amide bonds. The second-order valence-corrected chi connectivity index (χ2v) is 7.85. The summed E-state index contributed by atoms with van der Waals surface area (Å²) >= 11 is 1.60. The molecule has 0 bridgehead atoms. The van der Waals surface area contributed by atoms with Crippen LogP contribution in [-0.2, 0) is 4.79 Å². The monoisotopic (exact) mass is 410 g/mol. The highest BCUT2D eigenvalue weighted by Crippen LogP contribution is 2.23. The molecule has 6 nitrogen and oxygen atoms in total. The molecular formula is C22H26N4O2S. The third-order valence-electron chi connectivity index (χ3n) is 4.39. The topological polar surface area (TPSA) is 96.2 Å². The van der Waals surface area contributed by atoms with E-state index in [0.29, 0.717) is 23.6 Å². The van der Waals surface area contributed by atoms with Crippen LogP contribution in [0.2, 0.25) is 0 Å². The highest BCUT2D eigenvalue weighted by molar-refractivity contribution is 7.99. The average molecular weight is 411 g/mol. The van der Waals surface area contributed by atoms with Gasteiger partial charge in [-0.3, -0.25) is 9.59 Å². The van der Waals surface area contributed by atoms with Crippen LogP contribution in [0.15, 0.2) is 70.9 Å². The molecule has 0 unspecified atom stereocenters. The molecule has 152 valence electrons. The van der Waals surface area contributed by atoms with E-state index in [9.17, 15) is 9.59 Å². The van der Waals surface area contributed by atoms with Gasteiger partial charge >= 0.3 is 0 Å². The number of hydrogen-bond donors (Lipinski definition) is 4. The zero-order chi connectivity index (χ0) is 20.6. The average Bonchev–Trinajstić information content (AvgIpc) is 3.56. The fourth-order valence-electron chi connectivity index (χ4n) is 2.62. The van der Waals surface area contributed by atoms with E-state index in [-0.39, 0.29) is 23.6 Å². The highest BCUT2D eigenvalue weighted by Gasteiger charge is 2.25. The molecule has 0 saturated heterocycles. The number of anilines is 1. The Labute approximate surface area is 175 Å². The molecule has 0 aromatic heterocycles. The summed E-state index contributed by atoms with van der Waals surface area (Å²) in [6.07, 6.45) is 2.00. The third-order valence-corrected chi connectivity index (χ3v) is 5.43. The van der Waals surface area contributed by atoms with Crippen molar-refractivity contribution in [2.45, 2.75) is 30.7 Å². The number of amides is 2. The molecule has 3 rings (SSSR count). The Balaban J connectivity index is 1.74. The lowest BCUT2D eigenvalue weighted by Gasteiger charge is -2.15. The minimum Gasteiger partial charge on any atom is -0.393 e. The van der Waals surface area contributed by atoms with Crippen molar-refractivity contribution in [3.05, 3.63) is 71.6 Å². The van der Waals surface area contributed by atoms with Crippen molar-refractivity contribution in [2.24, 2.45) is 5.73 Å². The summed E-state index contributed by atoms with van der Waals surface area (Å²) in [6.45, 7) is 2.46. The maximum absolute atomic E-state index is 12.5. The molecule has 0 radical (unpaired) electrons. The first kappa shape index (κ1) is 20.8. The van der Waals surface area contributed by atoms with E-state index >= 15 is 0 Å². The van der Waals surface area contributed by atoms with Crippen molar-refractivity contribution in [2.75, 3.05) is 17.6 Å². The first-order valence-electron chi connectivity index (χ1n) is 9.69. The molecule has 29 heavy (non-hydrogen) atoms. The van der Waals surface area contributed by atoms with Crippen LogP contribution in [0.3, 0.4) is 0 Å². The van der Waals surface area contributed by atoms with Crippen molar-refractivity contribution < 1.29 is 9.59 Å². The maximum Gasteiger partial charge on any atom is 0.269 e. The maximum atomic E-state index is 12.5. The van der Waals surface area contributed by atoms with E-state index in [2.05, 4.69) is 16.0 Å². The Kier molecular flexibility index (Phi) is 7.19. The number of hydrogen-bond acceptors (Lipinski definition) is 5. The molecule has 0 heterocycles. The minimum absolute atomic E-state index is 0.113. The zero-order valence-electron chi connectivity index (χ0n) is 16.4. The van der Waals surface area contributed by atoms with Crippen LogP contribution in [0, 0.1) is 0 Å². The largest absolute Gasteiger partial charge is 0.393 e. The van der Waals surface area contributed by atoms with Crippen LogP contribution in [0.4, 0.5) is 5.69 Å². The molecule has 0 aliphatic heterocycles. The second-order valence-electron chi connectivity index (χ2n) is 6.80. The fourth-order valence-corrected chi connectivity index (χ4v) is 3.51. The van der Waals surface area contributed by atoms with E-state index in [1.54, 1.807) is 23.9 Å². The van der Waals surface area contributed by atoms with Gasteiger partial charge in [0.25, 0.3) is 11.8 Å². The lowest BCUT2D eigenvalue weighted by Crippen LogP contribution is -2.32. The molecule has 1 fully saturated rings. The van der Waals surface area contributed by atoms with Gasteiger partial charge in [0, 0.05) is 34.5 Å². The molecule has 0 atom stereocenters. The molecule has 1 aliphatic carbocycles. The standard InChI is InChI=1S/C22H26N4O2S/c1-2-24-21(27)15-8-10-16(11-9-15)25-19(14-29-18-6-4-3-5-7-18)20(23)22(28)26-17-12-13-17/h3-11,17,25H,2,12-14,23H2,1H3,(H,24,27)(H,26,28)/b20-19-. The predicted molar refractivity (Wildman–Crippen MR) is 118 cm³/mol. The molecule has 7 heteroatoms. The summed E-state index contributed by atoms with van der Waals surface area (Å²) in [5, 5.41) is 8.97. The Morgan fingerprint density at radius 2 is 1.76 bits per heavy atom. The van der Waals surface area contributed by atoms with Gasteiger partial charge in [-0.2, -0.15) is 0 Å². The lowest BCUT2D eigenvalue weighted by molar-refractivity contribution is -0.117. The smallest absolute Gasteiger partial charge is 0.269 e. The van der Waals surface area contributed by atoms with Crippen LogP contribution in [0.5, 0.6) is 0 Å². The molecular weight excluding hydrogens is 384 g/mol. The number of nitrogens with two attached hydrogens (primary N) is 1. The second kappa shape index (κ2) is 10.0. The number of thioether (sulfide) groups is 1. The molecule has 1 saturated carbocycles. The van der Waals surface area contributed by atoms with Gasteiger partial charge in [0.1, 0.15) is 5.70 Å². The van der Waals surface area contributed by atoms with Crippen molar-refractivity contribution in [1.82, 2.24) is 10.6 Å². The van der Waals surface area contributed by atoms with Crippen molar-refractivity contribution in [3.63, 3.8) is 0 Å². The van der Waals surface area contributed by atoms with Crippen LogP contribution < -0.4 is 21.7 Å². The van der Waals surface area contributed by atoms with Crippen LogP contribution in [0.1, 0.15) is 30.1 Å². The highest BCUT2D eigenvalue weighted by atomic mass is 32.2. The normalized spacial score (nSPS) is 14.0. The van der Waals surface area contributed by atoms with Crippen molar-refractivity contribution >= 4 is 29.3 Å². The van der Waals surface area contributed by atoms with E-state index < -0.39 is 0 Å². The number of rotatable bonds is 9. The lowest BCUT2D eigenvalue weighted by atomic mass is 10.2. The number of benzene rings is 2. The molecule has 2 aromatic rings. The number of nitrogens with one attached hydrogen (secondary N) is 3. The molecule has 5 N–H and O–H groups in total. The van der Waals surface area contributed by atoms with Gasteiger partial charge in [0.05, 0.1) is 5.70 Å². The minimum atomic E-state index is -0.248. The summed E-state index contributed by atoms with van der Waals surface area (Å²) in [5.41, 5.74) is 8.38. The summed E-state index contributed by atoms with van der Waals surface area (Å²) in [5.74, 6) is 0.159. The SMILES string of the molecule is CCNC(=O)c1ccc(N/C(CSc2ccccc2)=C(\N)C(=O)NC2CC2)cc1. The van der Waals surface area contributed by atoms with E-state index in [1.165, 1.54) is 0 Å². The van der Waals surface area contributed by atoms with E-state index in [0.717, 1.165) is 23.4 Å². The van der Waals surface area contributed by atoms with Gasteiger partial charge in [0.15, 0.2) is 0 Å². The summed E-state index contributed by atoms with van der Waals surface area (Å²) in [4.78, 5) is 25.5. The first-order chi connectivity index (χ1) is 14.1. The van der Waals surface area contributed by atoms with Crippen LogP contribution >= 0.6 is 11.8 Å². The summed E-state index contributed by atoms with van der Waals surface area (Å²) < 4.78 is 0. The molecule has 1 aliphatic rings. The molecule has 2 aromatic carbocycles. The van der Waals surface area contributed by atoms with Gasteiger partial charge < -0.3 is 21.7 Å². The van der Waals surface area contributed by atoms with E-state index in [4.69, 9.17) is 5.73 Å². The Hall–Kier alpha value is -2.93. The van der Waals surface area contributed by atoms with Gasteiger partial charge in [-0.1, -0.05) is 18.2 Å². The number of carbonyl (C=O) groups excluding carboxylic acids is 2. The quantitative estimate of drug-likeness (QED) is 0.376. The summed E-state index contributed by atoms with van der Waals surface area (Å²) in [7, 11) is 0. The zero-order valence-corrected chi connectivity index (χ0v) is 17.2. The van der Waals surface area contributed by atoms with Crippen molar-refractivity contribution in [1.29, 1.82) is 0 Å². The Morgan fingerprint density at radius 3 is 2.38 bits per heavy atom. The summed E-state index contributed by atoms with van der Waals surface area (Å²) in [6, 6.07) is 17.3. The van der Waals surface area contributed by atoms with Crippen LogP contribution in [0.25, 0.3) is 0 Å². The first-order valence-corrected chi connectivity index (χ1v) is 10.7. The Morgan fingerprint density at radius 1 is 1.07 bits per heavy atom. The van der Waals surface area contributed by atoms with Crippen molar-refractivity contribution in [3.8, 4) is 0 Å². The van der Waals surface area contributed by atoms with E-state index in [1.807, 2.05) is 49.4 Å². The predicted octanol–water partition coefficient (Wildman–Crippen LogP) is 3.09. The van der Waals surface area contributed by atoms with Crippen LogP contribution in [-0.4, -0.2) is 30.2 Å². The number of carbonyl (C=O) groups is 2. The Bertz CT molecular complexity index is 877. The van der Waals surface area contributed by atoms with Gasteiger partial charge in [-0.25, -0.2) is 0 Å². The fraction of sp³-hybridized carbons (Fsp3) is 0.273. The van der Waals surface area contributed by atoms with Gasteiger partial charge in [-0.05, 0) is 56.2 Å². The third kappa shape index (κ3) is 6.29. The molecule has 0 spiro atoms. The van der Waals surface area contributed by atoms with Gasteiger partial charge in [0.2, 0.25) is 0 Å². The van der Waals surface area contributed by atoms with Gasteiger partial charge in [-0.15, -0.1) is 11.8 Å².